The van der Waals surface area contributed by atoms with Crippen LogP contribution in [0.5, 0.6) is 0 Å². The number of halogens is 1. The van der Waals surface area contributed by atoms with Crippen LogP contribution < -0.4 is 10.6 Å². The molecule has 0 unspecified atom stereocenters. The molecule has 0 bridgehead atoms. The fourth-order valence-electron chi connectivity index (χ4n) is 2.30. The minimum Gasteiger partial charge on any atom is -0.398 e. The molecule has 1 aliphatic heterocycles. The number of nitrogens with two attached hydrogens (primary N) is 1. The second kappa shape index (κ2) is 4.86. The average molecular weight is 299 g/mol. The minimum atomic E-state index is 0.267. The molecule has 0 spiro atoms. The summed E-state index contributed by atoms with van der Waals surface area (Å²) in [5.41, 5.74) is 9.06. The number of rotatable bonds is 1. The van der Waals surface area contributed by atoms with Gasteiger partial charge in [0, 0.05) is 23.2 Å². The molecule has 1 saturated heterocycles. The number of benzene rings is 1. The Labute approximate surface area is 111 Å². The lowest BCUT2D eigenvalue weighted by Crippen LogP contribution is -2.45. The maximum Gasteiger partial charge on any atom is 0.0726 e. The van der Waals surface area contributed by atoms with E-state index in [0.29, 0.717) is 0 Å². The van der Waals surface area contributed by atoms with Crippen molar-refractivity contribution >= 4 is 27.3 Å². The van der Waals surface area contributed by atoms with Crippen LogP contribution in [-0.2, 0) is 4.74 Å². The molecule has 0 saturated carbocycles. The number of hydrogen-bond donors (Lipinski definition) is 1. The average Bonchev–Trinajstić information content (AvgIpc) is 2.22. The second-order valence-electron chi connectivity index (χ2n) is 4.82. The largest absolute Gasteiger partial charge is 0.398 e. The van der Waals surface area contributed by atoms with Crippen LogP contribution in [0.2, 0.25) is 0 Å². The summed E-state index contributed by atoms with van der Waals surface area (Å²) in [7, 11) is 0. The normalized spacial score (nSPS) is 25.1. The topological polar surface area (TPSA) is 38.5 Å². The number of aryl methyl sites for hydroxylation is 1. The molecule has 4 heteroatoms. The second-order valence-corrected chi connectivity index (χ2v) is 5.68. The minimum absolute atomic E-state index is 0.267. The molecule has 1 aliphatic rings. The summed E-state index contributed by atoms with van der Waals surface area (Å²) in [5, 5.41) is 0. The molecule has 2 rings (SSSR count). The lowest BCUT2D eigenvalue weighted by atomic mass is 10.1. The Morgan fingerprint density at radius 3 is 2.47 bits per heavy atom. The highest BCUT2D eigenvalue weighted by atomic mass is 79.9. The first-order valence-electron chi connectivity index (χ1n) is 5.93. The predicted molar refractivity (Wildman–Crippen MR) is 75.5 cm³/mol. The van der Waals surface area contributed by atoms with E-state index in [1.165, 1.54) is 5.69 Å². The fraction of sp³-hybridized carbons (Fsp3) is 0.538. The highest BCUT2D eigenvalue weighted by molar-refractivity contribution is 9.10. The lowest BCUT2D eigenvalue weighted by Gasteiger charge is -2.37. The van der Waals surface area contributed by atoms with Crippen LogP contribution in [0, 0.1) is 6.92 Å². The third-order valence-corrected chi connectivity index (χ3v) is 3.73. The fourth-order valence-corrected chi connectivity index (χ4v) is 2.91. The van der Waals surface area contributed by atoms with Crippen molar-refractivity contribution in [2.24, 2.45) is 0 Å². The molecule has 17 heavy (non-hydrogen) atoms. The third kappa shape index (κ3) is 2.75. The number of morpholine rings is 1. The van der Waals surface area contributed by atoms with E-state index < -0.39 is 0 Å². The van der Waals surface area contributed by atoms with Crippen LogP contribution in [0.4, 0.5) is 11.4 Å². The van der Waals surface area contributed by atoms with Crippen LogP contribution in [-0.4, -0.2) is 25.3 Å². The van der Waals surface area contributed by atoms with E-state index in [9.17, 15) is 0 Å². The molecular formula is C13H19BrN2O. The van der Waals surface area contributed by atoms with Crippen molar-refractivity contribution in [1.29, 1.82) is 0 Å². The molecule has 0 aromatic heterocycles. The molecule has 3 nitrogen and oxygen atoms in total. The Balaban J connectivity index is 2.30. The van der Waals surface area contributed by atoms with E-state index in [1.807, 2.05) is 13.0 Å². The van der Waals surface area contributed by atoms with Gasteiger partial charge in [-0.05, 0) is 54.4 Å². The van der Waals surface area contributed by atoms with E-state index in [4.69, 9.17) is 10.5 Å². The Kier molecular flexibility index (Phi) is 3.64. The standard InChI is InChI=1S/C13H19BrN2O/c1-8-4-13(11(14)5-12(8)15)16-6-9(2)17-10(3)7-16/h4-5,9-10H,6-7,15H2,1-3H3/t9-,10+. The van der Waals surface area contributed by atoms with Crippen LogP contribution in [0.3, 0.4) is 0 Å². The Morgan fingerprint density at radius 2 is 1.88 bits per heavy atom. The van der Waals surface area contributed by atoms with E-state index in [-0.39, 0.29) is 12.2 Å². The number of hydrogen-bond acceptors (Lipinski definition) is 3. The quantitative estimate of drug-likeness (QED) is 0.810. The highest BCUT2D eigenvalue weighted by Crippen LogP contribution is 2.32. The zero-order valence-corrected chi connectivity index (χ0v) is 12.1. The van der Waals surface area contributed by atoms with Gasteiger partial charge in [-0.3, -0.25) is 0 Å². The Hall–Kier alpha value is -0.740. The van der Waals surface area contributed by atoms with Crippen LogP contribution in [0.15, 0.2) is 16.6 Å². The Bertz CT molecular complexity index is 412. The van der Waals surface area contributed by atoms with E-state index in [0.717, 1.165) is 28.8 Å². The molecule has 1 heterocycles. The summed E-state index contributed by atoms with van der Waals surface area (Å²) in [4.78, 5) is 2.36. The van der Waals surface area contributed by atoms with Gasteiger partial charge in [0.25, 0.3) is 0 Å². The summed E-state index contributed by atoms with van der Waals surface area (Å²) in [5.74, 6) is 0. The Morgan fingerprint density at radius 1 is 1.29 bits per heavy atom. The molecule has 0 aliphatic carbocycles. The van der Waals surface area contributed by atoms with Crippen molar-refractivity contribution in [3.8, 4) is 0 Å². The maximum absolute atomic E-state index is 5.90. The van der Waals surface area contributed by atoms with E-state index >= 15 is 0 Å². The molecule has 1 aromatic rings. The summed E-state index contributed by atoms with van der Waals surface area (Å²) in [6.07, 6.45) is 0.534. The molecule has 94 valence electrons. The highest BCUT2D eigenvalue weighted by Gasteiger charge is 2.23. The summed E-state index contributed by atoms with van der Waals surface area (Å²) >= 11 is 3.59. The third-order valence-electron chi connectivity index (χ3n) is 3.10. The predicted octanol–water partition coefficient (Wildman–Crippen LogP) is 2.95. The van der Waals surface area contributed by atoms with Gasteiger partial charge in [-0.2, -0.15) is 0 Å². The SMILES string of the molecule is Cc1cc(N2C[C@@H](C)O[C@@H](C)C2)c(Br)cc1N. The first-order valence-corrected chi connectivity index (χ1v) is 6.72. The first kappa shape index (κ1) is 12.7. The number of nitrogens with zero attached hydrogens (tertiary/aromatic N) is 1. The van der Waals surface area contributed by atoms with Gasteiger partial charge in [-0.1, -0.05) is 0 Å². The van der Waals surface area contributed by atoms with Gasteiger partial charge in [0.05, 0.1) is 17.9 Å². The summed E-state index contributed by atoms with van der Waals surface area (Å²) in [6, 6.07) is 4.12. The molecule has 2 N–H and O–H groups in total. The van der Waals surface area contributed by atoms with Gasteiger partial charge < -0.3 is 15.4 Å². The van der Waals surface area contributed by atoms with Crippen molar-refractivity contribution in [2.45, 2.75) is 33.0 Å². The molecule has 1 fully saturated rings. The van der Waals surface area contributed by atoms with E-state index in [2.05, 4.69) is 40.7 Å². The van der Waals surface area contributed by atoms with Crippen molar-refractivity contribution in [2.75, 3.05) is 23.7 Å². The maximum atomic E-state index is 5.90. The number of anilines is 2. The zero-order valence-electron chi connectivity index (χ0n) is 10.5. The van der Waals surface area contributed by atoms with Crippen molar-refractivity contribution < 1.29 is 4.74 Å². The van der Waals surface area contributed by atoms with Gasteiger partial charge in [0.15, 0.2) is 0 Å². The van der Waals surface area contributed by atoms with E-state index in [1.54, 1.807) is 0 Å². The molecule has 1 aromatic carbocycles. The van der Waals surface area contributed by atoms with Gasteiger partial charge in [-0.15, -0.1) is 0 Å². The summed E-state index contributed by atoms with van der Waals surface area (Å²) in [6.45, 7) is 8.11. The molecule has 0 radical (unpaired) electrons. The first-order chi connectivity index (χ1) is 7.97. The van der Waals surface area contributed by atoms with Crippen LogP contribution >= 0.6 is 15.9 Å². The molecule has 0 amide bonds. The van der Waals surface area contributed by atoms with Crippen LogP contribution in [0.1, 0.15) is 19.4 Å². The van der Waals surface area contributed by atoms with Crippen molar-refractivity contribution in [1.82, 2.24) is 0 Å². The zero-order chi connectivity index (χ0) is 12.6. The number of nitrogen functional groups attached to an aromatic ring is 1. The smallest absolute Gasteiger partial charge is 0.0726 e. The monoisotopic (exact) mass is 298 g/mol. The van der Waals surface area contributed by atoms with Gasteiger partial charge >= 0.3 is 0 Å². The van der Waals surface area contributed by atoms with Crippen LogP contribution in [0.25, 0.3) is 0 Å². The van der Waals surface area contributed by atoms with Gasteiger partial charge in [0.1, 0.15) is 0 Å². The lowest BCUT2D eigenvalue weighted by molar-refractivity contribution is -0.00525. The van der Waals surface area contributed by atoms with Crippen molar-refractivity contribution in [3.05, 3.63) is 22.2 Å². The van der Waals surface area contributed by atoms with Gasteiger partial charge in [0.2, 0.25) is 0 Å². The summed E-state index contributed by atoms with van der Waals surface area (Å²) < 4.78 is 6.81. The van der Waals surface area contributed by atoms with Crippen molar-refractivity contribution in [3.63, 3.8) is 0 Å². The molecule has 2 atom stereocenters. The molecular weight excluding hydrogens is 280 g/mol. The van der Waals surface area contributed by atoms with Gasteiger partial charge in [-0.25, -0.2) is 0 Å². The number of ether oxygens (including phenoxy) is 1.